The van der Waals surface area contributed by atoms with Crippen molar-refractivity contribution in [1.29, 1.82) is 0 Å². The fraction of sp³-hybridized carbons (Fsp3) is 0.389. The fourth-order valence-electron chi connectivity index (χ4n) is 3.39. The highest BCUT2D eigenvalue weighted by Crippen LogP contribution is 2.37. The zero-order valence-corrected chi connectivity index (χ0v) is 13.4. The van der Waals surface area contributed by atoms with Gasteiger partial charge in [-0.1, -0.05) is 18.2 Å². The van der Waals surface area contributed by atoms with Crippen molar-refractivity contribution in [2.75, 3.05) is 6.54 Å². The summed E-state index contributed by atoms with van der Waals surface area (Å²) in [5.74, 6) is 1.25. The molecule has 2 aromatic heterocycles. The molecule has 0 amide bonds. The van der Waals surface area contributed by atoms with E-state index in [0.29, 0.717) is 24.4 Å². The summed E-state index contributed by atoms with van der Waals surface area (Å²) in [5.41, 5.74) is 3.58. The van der Waals surface area contributed by atoms with Gasteiger partial charge in [-0.2, -0.15) is 0 Å². The molecule has 24 heavy (non-hydrogen) atoms. The fourth-order valence-corrected chi connectivity index (χ4v) is 3.39. The third kappa shape index (κ3) is 2.53. The minimum atomic E-state index is 0.585. The van der Waals surface area contributed by atoms with Gasteiger partial charge in [-0.15, -0.1) is 10.2 Å². The van der Waals surface area contributed by atoms with Crippen LogP contribution in [0.3, 0.4) is 0 Å². The predicted octanol–water partition coefficient (Wildman–Crippen LogP) is 2.83. The quantitative estimate of drug-likeness (QED) is 0.739. The van der Waals surface area contributed by atoms with Crippen molar-refractivity contribution in [3.8, 4) is 11.5 Å². The molecule has 1 aromatic carbocycles. The molecule has 2 aliphatic rings. The van der Waals surface area contributed by atoms with Crippen LogP contribution < -0.4 is 0 Å². The molecule has 1 fully saturated rings. The largest absolute Gasteiger partial charge is 0.419 e. The number of benzene rings is 1. The molecule has 1 aliphatic carbocycles. The van der Waals surface area contributed by atoms with Gasteiger partial charge in [-0.05, 0) is 25.0 Å². The van der Waals surface area contributed by atoms with E-state index < -0.39 is 0 Å². The van der Waals surface area contributed by atoms with Crippen molar-refractivity contribution >= 4 is 0 Å². The first-order valence-electron chi connectivity index (χ1n) is 8.51. The molecule has 6 nitrogen and oxygen atoms in total. The summed E-state index contributed by atoms with van der Waals surface area (Å²) in [6, 6.07) is 10.6. The van der Waals surface area contributed by atoms with Gasteiger partial charge in [-0.3, -0.25) is 4.90 Å². The molecule has 1 saturated carbocycles. The van der Waals surface area contributed by atoms with E-state index in [-0.39, 0.29) is 0 Å². The van der Waals surface area contributed by atoms with Gasteiger partial charge in [0.25, 0.3) is 0 Å². The lowest BCUT2D eigenvalue weighted by atomic mass is 10.1. The minimum Gasteiger partial charge on any atom is -0.419 e. The van der Waals surface area contributed by atoms with E-state index in [0.717, 1.165) is 25.1 Å². The van der Waals surface area contributed by atoms with Crippen LogP contribution in [0.5, 0.6) is 0 Å². The number of rotatable bonds is 4. The molecule has 0 bridgehead atoms. The lowest BCUT2D eigenvalue weighted by Crippen LogP contribution is -2.31. The Morgan fingerprint density at radius 3 is 2.83 bits per heavy atom. The van der Waals surface area contributed by atoms with Gasteiger partial charge >= 0.3 is 0 Å². The molecule has 0 saturated heterocycles. The number of aromatic nitrogens is 4. The Bertz CT molecular complexity index is 849. The van der Waals surface area contributed by atoms with Crippen LogP contribution in [0, 0.1) is 0 Å². The average molecular weight is 321 g/mol. The Kier molecular flexibility index (Phi) is 3.23. The molecule has 0 radical (unpaired) electrons. The van der Waals surface area contributed by atoms with Crippen LogP contribution in [-0.4, -0.2) is 31.2 Å². The summed E-state index contributed by atoms with van der Waals surface area (Å²) in [6.07, 6.45) is 5.67. The third-order valence-electron chi connectivity index (χ3n) is 4.81. The molecular weight excluding hydrogens is 302 g/mol. The highest BCUT2D eigenvalue weighted by Gasteiger charge is 2.29. The van der Waals surface area contributed by atoms with Crippen molar-refractivity contribution in [3.63, 3.8) is 0 Å². The van der Waals surface area contributed by atoms with E-state index >= 15 is 0 Å². The van der Waals surface area contributed by atoms with Crippen molar-refractivity contribution < 1.29 is 4.42 Å². The first-order valence-corrected chi connectivity index (χ1v) is 8.51. The molecule has 122 valence electrons. The van der Waals surface area contributed by atoms with Gasteiger partial charge < -0.3 is 8.98 Å². The number of fused-ring (bicyclic) bond motifs is 1. The normalized spacial score (nSPS) is 17.8. The maximum Gasteiger partial charge on any atom is 0.247 e. The lowest BCUT2D eigenvalue weighted by molar-refractivity contribution is 0.217. The highest BCUT2D eigenvalue weighted by atomic mass is 16.4. The zero-order valence-electron chi connectivity index (χ0n) is 13.4. The lowest BCUT2D eigenvalue weighted by Gasteiger charge is -2.25. The van der Waals surface area contributed by atoms with Gasteiger partial charge in [0.1, 0.15) is 0 Å². The van der Waals surface area contributed by atoms with E-state index in [1.807, 2.05) is 36.7 Å². The van der Waals surface area contributed by atoms with Crippen LogP contribution in [-0.2, 0) is 19.5 Å². The first kappa shape index (κ1) is 13.9. The van der Waals surface area contributed by atoms with Crippen molar-refractivity contribution in [2.45, 2.75) is 38.4 Å². The molecule has 0 unspecified atom stereocenters. The van der Waals surface area contributed by atoms with Gasteiger partial charge in [0.2, 0.25) is 11.8 Å². The predicted molar refractivity (Wildman–Crippen MR) is 88.1 cm³/mol. The van der Waals surface area contributed by atoms with Crippen LogP contribution in [0.15, 0.2) is 41.1 Å². The van der Waals surface area contributed by atoms with E-state index in [1.54, 1.807) is 0 Å². The topological polar surface area (TPSA) is 60.0 Å². The van der Waals surface area contributed by atoms with Gasteiger partial charge in [0.05, 0.1) is 18.6 Å². The first-order chi connectivity index (χ1) is 11.9. The number of hydrogen-bond acceptors (Lipinski definition) is 5. The van der Waals surface area contributed by atoms with Crippen LogP contribution in [0.2, 0.25) is 0 Å². The Balaban J connectivity index is 1.30. The summed E-state index contributed by atoms with van der Waals surface area (Å²) in [7, 11) is 0. The molecule has 1 aliphatic heterocycles. The van der Waals surface area contributed by atoms with Crippen LogP contribution in [0.25, 0.3) is 11.5 Å². The van der Waals surface area contributed by atoms with Crippen molar-refractivity contribution in [1.82, 2.24) is 24.6 Å². The highest BCUT2D eigenvalue weighted by molar-refractivity contribution is 5.51. The van der Waals surface area contributed by atoms with Crippen molar-refractivity contribution in [2.24, 2.45) is 0 Å². The van der Waals surface area contributed by atoms with E-state index in [9.17, 15) is 0 Å². The van der Waals surface area contributed by atoms with Gasteiger partial charge in [-0.25, -0.2) is 4.98 Å². The monoisotopic (exact) mass is 321 g/mol. The molecule has 3 aromatic rings. The van der Waals surface area contributed by atoms with Gasteiger partial charge in [0.15, 0.2) is 0 Å². The van der Waals surface area contributed by atoms with E-state index in [1.165, 1.54) is 24.2 Å². The number of imidazole rings is 1. The Hall–Kier alpha value is -2.47. The summed E-state index contributed by atoms with van der Waals surface area (Å²) < 4.78 is 8.21. The second kappa shape index (κ2) is 5.56. The maximum atomic E-state index is 5.82. The molecule has 3 heterocycles. The summed E-state index contributed by atoms with van der Waals surface area (Å²) >= 11 is 0. The third-order valence-corrected chi connectivity index (χ3v) is 4.81. The second-order valence-corrected chi connectivity index (χ2v) is 6.60. The molecule has 5 rings (SSSR count). The van der Waals surface area contributed by atoms with Gasteiger partial charge in [0, 0.05) is 36.8 Å². The van der Waals surface area contributed by atoms with E-state index in [4.69, 9.17) is 4.42 Å². The second-order valence-electron chi connectivity index (χ2n) is 6.60. The number of nitrogens with zero attached hydrogens (tertiary/aromatic N) is 5. The maximum absolute atomic E-state index is 5.82. The molecule has 0 spiro atoms. The smallest absolute Gasteiger partial charge is 0.247 e. The van der Waals surface area contributed by atoms with E-state index in [2.05, 4.69) is 24.6 Å². The Morgan fingerprint density at radius 2 is 2.00 bits per heavy atom. The molecular formula is C18H19N5O. The standard InChI is InChI=1S/C18H19N5O/c1-2-4-13(5-3-1)18-21-20-17(24-18)11-22-9-8-16-15(10-22)19-12-23(16)14-6-7-14/h1-5,12,14H,6-11H2. The summed E-state index contributed by atoms with van der Waals surface area (Å²) in [4.78, 5) is 6.95. The summed E-state index contributed by atoms with van der Waals surface area (Å²) in [5, 5.41) is 8.37. The zero-order chi connectivity index (χ0) is 15.9. The molecule has 6 heteroatoms. The van der Waals surface area contributed by atoms with Crippen LogP contribution in [0.1, 0.15) is 36.2 Å². The SMILES string of the molecule is c1ccc(-c2nnc(CN3CCc4c(ncn4C4CC4)C3)o2)cc1. The number of hydrogen-bond donors (Lipinski definition) is 0. The Labute approximate surface area is 140 Å². The summed E-state index contributed by atoms with van der Waals surface area (Å²) in [6.45, 7) is 2.54. The Morgan fingerprint density at radius 1 is 1.12 bits per heavy atom. The van der Waals surface area contributed by atoms with Crippen molar-refractivity contribution in [3.05, 3.63) is 53.9 Å². The molecule has 0 N–H and O–H groups in total. The van der Waals surface area contributed by atoms with Crippen LogP contribution >= 0.6 is 0 Å². The van der Waals surface area contributed by atoms with Crippen LogP contribution in [0.4, 0.5) is 0 Å². The average Bonchev–Trinajstić information content (AvgIpc) is 3.21. The minimum absolute atomic E-state index is 0.585. The molecule has 0 atom stereocenters.